The van der Waals surface area contributed by atoms with Crippen LogP contribution < -0.4 is 5.32 Å². The Hall–Kier alpha value is -1.81. The van der Waals surface area contributed by atoms with Gasteiger partial charge < -0.3 is 14.8 Å². The maximum Gasteiger partial charge on any atom is 0.0991 e. The fraction of sp³-hybridized carbons (Fsp3) is 0.471. The molecule has 0 bridgehead atoms. The summed E-state index contributed by atoms with van der Waals surface area (Å²) in [7, 11) is 2.21. The number of aromatic nitrogens is 2. The van der Waals surface area contributed by atoms with Crippen LogP contribution in [0.1, 0.15) is 19.8 Å². The van der Waals surface area contributed by atoms with Crippen LogP contribution in [-0.2, 0) is 0 Å². The second-order valence-electron chi connectivity index (χ2n) is 6.09. The highest BCUT2D eigenvalue weighted by Gasteiger charge is 2.21. The van der Waals surface area contributed by atoms with Crippen molar-refractivity contribution in [3.05, 3.63) is 43.0 Å². The molecule has 4 heteroatoms. The molecule has 1 atom stereocenters. The number of benzene rings is 1. The van der Waals surface area contributed by atoms with Crippen molar-refractivity contribution in [3.8, 4) is 5.69 Å². The van der Waals surface area contributed by atoms with Crippen molar-refractivity contribution < 1.29 is 0 Å². The van der Waals surface area contributed by atoms with Crippen LogP contribution in [0.3, 0.4) is 0 Å². The third kappa shape index (κ3) is 3.45. The number of nitrogens with zero attached hydrogens (tertiary/aromatic N) is 3. The van der Waals surface area contributed by atoms with Gasteiger partial charge in [0.25, 0.3) is 0 Å². The van der Waals surface area contributed by atoms with E-state index in [1.54, 1.807) is 6.20 Å². The van der Waals surface area contributed by atoms with Crippen LogP contribution >= 0.6 is 0 Å². The van der Waals surface area contributed by atoms with Gasteiger partial charge in [0.1, 0.15) is 0 Å². The number of imidazole rings is 1. The fourth-order valence-corrected chi connectivity index (χ4v) is 3.05. The predicted octanol–water partition coefficient (Wildman–Crippen LogP) is 3.01. The van der Waals surface area contributed by atoms with Crippen molar-refractivity contribution in [2.75, 3.05) is 25.5 Å². The minimum absolute atomic E-state index is 0.526. The van der Waals surface area contributed by atoms with Gasteiger partial charge in [-0.3, -0.25) is 0 Å². The van der Waals surface area contributed by atoms with Gasteiger partial charge in [0.2, 0.25) is 0 Å². The summed E-state index contributed by atoms with van der Waals surface area (Å²) in [6.45, 7) is 4.74. The van der Waals surface area contributed by atoms with Crippen molar-refractivity contribution in [2.24, 2.45) is 5.92 Å². The monoisotopic (exact) mass is 284 g/mol. The first-order valence-electron chi connectivity index (χ1n) is 7.76. The number of likely N-dealkylation sites (tertiary alicyclic amines) is 1. The van der Waals surface area contributed by atoms with E-state index in [9.17, 15) is 0 Å². The van der Waals surface area contributed by atoms with Crippen molar-refractivity contribution in [1.29, 1.82) is 0 Å². The standard InChI is InChI=1S/C17H24N4/c1-14(15-7-10-20(2)11-8-15)19-16-3-5-17(6-4-16)21-12-9-18-13-21/h3-6,9,12-15,19H,7-8,10-11H2,1-2H3/t14-/m0/s1. The third-order valence-corrected chi connectivity index (χ3v) is 4.53. The molecule has 2 heterocycles. The lowest BCUT2D eigenvalue weighted by Gasteiger charge is -2.33. The fourth-order valence-electron chi connectivity index (χ4n) is 3.05. The molecule has 0 unspecified atom stereocenters. The minimum Gasteiger partial charge on any atom is -0.382 e. The van der Waals surface area contributed by atoms with Gasteiger partial charge in [-0.15, -0.1) is 0 Å². The molecule has 0 spiro atoms. The molecule has 112 valence electrons. The smallest absolute Gasteiger partial charge is 0.0991 e. The summed E-state index contributed by atoms with van der Waals surface area (Å²) in [6.07, 6.45) is 8.16. The maximum atomic E-state index is 4.08. The number of hydrogen-bond acceptors (Lipinski definition) is 3. The topological polar surface area (TPSA) is 33.1 Å². The minimum atomic E-state index is 0.526. The Morgan fingerprint density at radius 2 is 1.90 bits per heavy atom. The Morgan fingerprint density at radius 1 is 1.19 bits per heavy atom. The highest BCUT2D eigenvalue weighted by atomic mass is 15.1. The first-order valence-corrected chi connectivity index (χ1v) is 7.76. The SMILES string of the molecule is C[C@H](Nc1ccc(-n2ccnc2)cc1)C1CCN(C)CC1. The van der Waals surface area contributed by atoms with Crippen LogP contribution in [0.4, 0.5) is 5.69 Å². The van der Waals surface area contributed by atoms with Crippen LogP contribution in [0.15, 0.2) is 43.0 Å². The van der Waals surface area contributed by atoms with Gasteiger partial charge in [-0.05, 0) is 70.1 Å². The Morgan fingerprint density at radius 3 is 2.52 bits per heavy atom. The molecule has 1 aliphatic rings. The molecule has 3 rings (SSSR count). The lowest BCUT2D eigenvalue weighted by atomic mass is 9.90. The average molecular weight is 284 g/mol. The molecule has 1 fully saturated rings. The molecule has 21 heavy (non-hydrogen) atoms. The zero-order valence-corrected chi connectivity index (χ0v) is 12.9. The molecule has 0 saturated carbocycles. The van der Waals surface area contributed by atoms with E-state index in [2.05, 4.69) is 53.4 Å². The van der Waals surface area contributed by atoms with E-state index in [1.807, 2.05) is 17.1 Å². The largest absolute Gasteiger partial charge is 0.382 e. The normalized spacial score (nSPS) is 18.6. The van der Waals surface area contributed by atoms with E-state index in [1.165, 1.54) is 31.6 Å². The number of rotatable bonds is 4. The lowest BCUT2D eigenvalue weighted by Crippen LogP contribution is -2.37. The Kier molecular flexibility index (Phi) is 4.25. The Balaban J connectivity index is 1.60. The lowest BCUT2D eigenvalue weighted by molar-refractivity contribution is 0.208. The van der Waals surface area contributed by atoms with E-state index in [0.29, 0.717) is 6.04 Å². The van der Waals surface area contributed by atoms with E-state index < -0.39 is 0 Å². The highest BCUT2D eigenvalue weighted by Crippen LogP contribution is 2.23. The molecule has 0 amide bonds. The number of hydrogen-bond donors (Lipinski definition) is 1. The van der Waals surface area contributed by atoms with Crippen molar-refractivity contribution in [1.82, 2.24) is 14.5 Å². The molecule has 0 aliphatic carbocycles. The molecular formula is C17H24N4. The molecule has 1 aromatic heterocycles. The van der Waals surface area contributed by atoms with Crippen molar-refractivity contribution in [2.45, 2.75) is 25.8 Å². The molecular weight excluding hydrogens is 260 g/mol. The van der Waals surface area contributed by atoms with Gasteiger partial charge in [-0.2, -0.15) is 0 Å². The average Bonchev–Trinajstić information content (AvgIpc) is 3.03. The Labute approximate surface area is 126 Å². The van der Waals surface area contributed by atoms with Crippen molar-refractivity contribution in [3.63, 3.8) is 0 Å². The summed E-state index contributed by atoms with van der Waals surface area (Å²) in [4.78, 5) is 6.50. The molecule has 2 aromatic rings. The first-order chi connectivity index (χ1) is 10.2. The summed E-state index contributed by atoms with van der Waals surface area (Å²) in [6, 6.07) is 9.09. The summed E-state index contributed by atoms with van der Waals surface area (Å²) in [5.74, 6) is 0.773. The van der Waals surface area contributed by atoms with Crippen LogP contribution in [0.25, 0.3) is 5.69 Å². The quantitative estimate of drug-likeness (QED) is 0.937. The zero-order chi connectivity index (χ0) is 14.7. The number of piperidine rings is 1. The highest BCUT2D eigenvalue weighted by molar-refractivity contribution is 5.49. The van der Waals surface area contributed by atoms with Crippen LogP contribution in [-0.4, -0.2) is 40.6 Å². The van der Waals surface area contributed by atoms with E-state index in [4.69, 9.17) is 0 Å². The molecule has 1 aromatic carbocycles. The Bertz CT molecular complexity index is 539. The van der Waals surface area contributed by atoms with E-state index in [0.717, 1.165) is 11.6 Å². The van der Waals surface area contributed by atoms with Gasteiger partial charge in [0.15, 0.2) is 0 Å². The van der Waals surface area contributed by atoms with Crippen molar-refractivity contribution >= 4 is 5.69 Å². The van der Waals surface area contributed by atoms with Crippen LogP contribution in [0.5, 0.6) is 0 Å². The van der Waals surface area contributed by atoms with Gasteiger partial charge in [-0.1, -0.05) is 0 Å². The van der Waals surface area contributed by atoms with Crippen LogP contribution in [0, 0.1) is 5.92 Å². The molecule has 1 N–H and O–H groups in total. The zero-order valence-electron chi connectivity index (χ0n) is 12.9. The molecule has 0 radical (unpaired) electrons. The summed E-state index contributed by atoms with van der Waals surface area (Å²) < 4.78 is 2.02. The van der Waals surface area contributed by atoms with Gasteiger partial charge in [0, 0.05) is 29.8 Å². The molecule has 1 saturated heterocycles. The van der Waals surface area contributed by atoms with Gasteiger partial charge in [0.05, 0.1) is 6.33 Å². The van der Waals surface area contributed by atoms with Gasteiger partial charge >= 0.3 is 0 Å². The van der Waals surface area contributed by atoms with Crippen LogP contribution in [0.2, 0.25) is 0 Å². The summed E-state index contributed by atoms with van der Waals surface area (Å²) in [5.41, 5.74) is 2.34. The number of anilines is 1. The predicted molar refractivity (Wildman–Crippen MR) is 86.9 cm³/mol. The second kappa shape index (κ2) is 6.31. The van der Waals surface area contributed by atoms with Gasteiger partial charge in [-0.25, -0.2) is 4.98 Å². The third-order valence-electron chi connectivity index (χ3n) is 4.53. The number of nitrogens with one attached hydrogen (secondary N) is 1. The maximum absolute atomic E-state index is 4.08. The summed E-state index contributed by atoms with van der Waals surface area (Å²) >= 11 is 0. The first kappa shape index (κ1) is 14.1. The van der Waals surface area contributed by atoms with E-state index in [-0.39, 0.29) is 0 Å². The molecule has 1 aliphatic heterocycles. The molecule has 4 nitrogen and oxygen atoms in total. The van der Waals surface area contributed by atoms with E-state index >= 15 is 0 Å². The second-order valence-corrected chi connectivity index (χ2v) is 6.09. The summed E-state index contributed by atoms with van der Waals surface area (Å²) in [5, 5.41) is 3.66.